The Balaban J connectivity index is 2.63. The number of nitrogens with zero attached hydrogens (tertiary/aromatic N) is 1. The van der Waals surface area contributed by atoms with Crippen LogP contribution in [0.15, 0.2) is 30.3 Å². The van der Waals surface area contributed by atoms with E-state index in [9.17, 15) is 9.90 Å². The maximum atomic E-state index is 12.2. The number of aliphatic hydroxyl groups excluding tert-OH is 1. The number of rotatable bonds is 6. The third-order valence-electron chi connectivity index (χ3n) is 4.17. The van der Waals surface area contributed by atoms with Crippen molar-refractivity contribution in [2.24, 2.45) is 0 Å². The van der Waals surface area contributed by atoms with Gasteiger partial charge < -0.3 is 15.3 Å². The van der Waals surface area contributed by atoms with Crippen LogP contribution in [0, 0.1) is 0 Å². The predicted molar refractivity (Wildman–Crippen MR) is 86.4 cm³/mol. The van der Waals surface area contributed by atoms with E-state index in [1.54, 1.807) is 18.9 Å². The van der Waals surface area contributed by atoms with Gasteiger partial charge in [-0.15, -0.1) is 0 Å². The summed E-state index contributed by atoms with van der Waals surface area (Å²) >= 11 is 0. The minimum Gasteiger partial charge on any atom is -0.393 e. The molecule has 0 fully saturated rings. The van der Waals surface area contributed by atoms with Crippen LogP contribution >= 0.6 is 0 Å². The molecule has 0 aliphatic rings. The Kier molecular flexibility index (Phi) is 6.21. The molecule has 2 unspecified atom stereocenters. The van der Waals surface area contributed by atoms with E-state index in [1.165, 1.54) is 5.56 Å². The minimum atomic E-state index is -0.390. The molecule has 0 saturated heterocycles. The first-order valence-electron chi connectivity index (χ1n) is 7.50. The zero-order valence-electron chi connectivity index (χ0n) is 13.8. The maximum absolute atomic E-state index is 12.2. The fourth-order valence-corrected chi connectivity index (χ4v) is 2.08. The molecule has 0 bridgehead atoms. The zero-order chi connectivity index (χ0) is 16.0. The second-order valence-corrected chi connectivity index (χ2v) is 6.32. The van der Waals surface area contributed by atoms with Crippen molar-refractivity contribution in [1.29, 1.82) is 0 Å². The van der Waals surface area contributed by atoms with Gasteiger partial charge in [0.25, 0.3) is 0 Å². The Bertz CT molecular complexity index is 443. The highest BCUT2D eigenvalue weighted by Gasteiger charge is 2.29. The van der Waals surface area contributed by atoms with Crippen molar-refractivity contribution >= 4 is 6.03 Å². The summed E-state index contributed by atoms with van der Waals surface area (Å²) in [6.07, 6.45) is 0.193. The standard InChI is InChI=1S/C17H28N2O2/c1-13(20)11-12-19(5)16(21)18-14(2)17(3,4)15-9-7-6-8-10-15/h6-10,13-14,20H,11-12H2,1-5H3,(H,18,21). The van der Waals surface area contributed by atoms with E-state index >= 15 is 0 Å². The molecule has 1 aromatic carbocycles. The average molecular weight is 292 g/mol. The first-order valence-corrected chi connectivity index (χ1v) is 7.50. The molecule has 21 heavy (non-hydrogen) atoms. The molecule has 4 heteroatoms. The van der Waals surface area contributed by atoms with Gasteiger partial charge in [-0.2, -0.15) is 0 Å². The van der Waals surface area contributed by atoms with Gasteiger partial charge in [0.2, 0.25) is 0 Å². The normalized spacial score (nSPS) is 14.4. The van der Waals surface area contributed by atoms with E-state index in [4.69, 9.17) is 0 Å². The highest BCUT2D eigenvalue weighted by molar-refractivity contribution is 5.74. The van der Waals surface area contributed by atoms with Crippen LogP contribution in [0.2, 0.25) is 0 Å². The number of aliphatic hydroxyl groups is 1. The Morgan fingerprint density at radius 2 is 1.86 bits per heavy atom. The van der Waals surface area contributed by atoms with Gasteiger partial charge in [0.1, 0.15) is 0 Å². The number of carbonyl (C=O) groups excluding carboxylic acids is 1. The summed E-state index contributed by atoms with van der Waals surface area (Å²) in [6.45, 7) is 8.55. The van der Waals surface area contributed by atoms with E-state index in [-0.39, 0.29) is 17.5 Å². The lowest BCUT2D eigenvalue weighted by Gasteiger charge is -2.34. The van der Waals surface area contributed by atoms with Crippen molar-refractivity contribution < 1.29 is 9.90 Å². The smallest absolute Gasteiger partial charge is 0.317 e. The number of carbonyl (C=O) groups is 1. The first-order chi connectivity index (χ1) is 9.75. The number of nitrogens with one attached hydrogen (secondary N) is 1. The molecule has 0 radical (unpaired) electrons. The van der Waals surface area contributed by atoms with Gasteiger partial charge in [-0.05, 0) is 25.8 Å². The summed E-state index contributed by atoms with van der Waals surface area (Å²) in [5, 5.41) is 12.3. The van der Waals surface area contributed by atoms with Crippen LogP contribution in [0.4, 0.5) is 4.79 Å². The molecule has 2 atom stereocenters. The van der Waals surface area contributed by atoms with Gasteiger partial charge in [-0.25, -0.2) is 4.79 Å². The van der Waals surface area contributed by atoms with Crippen LogP contribution in [0.5, 0.6) is 0 Å². The second-order valence-electron chi connectivity index (χ2n) is 6.32. The van der Waals surface area contributed by atoms with Crippen LogP contribution < -0.4 is 5.32 Å². The molecule has 118 valence electrons. The molecule has 0 saturated carbocycles. The van der Waals surface area contributed by atoms with Gasteiger partial charge in [0.15, 0.2) is 0 Å². The molecule has 0 aromatic heterocycles. The van der Waals surface area contributed by atoms with E-state index in [1.807, 2.05) is 25.1 Å². The highest BCUT2D eigenvalue weighted by atomic mass is 16.3. The van der Waals surface area contributed by atoms with Crippen molar-refractivity contribution in [3.05, 3.63) is 35.9 Å². The summed E-state index contributed by atoms with van der Waals surface area (Å²) in [6, 6.07) is 10.1. The largest absolute Gasteiger partial charge is 0.393 e. The van der Waals surface area contributed by atoms with Gasteiger partial charge in [0.05, 0.1) is 6.10 Å². The minimum absolute atomic E-state index is 0.00130. The quantitative estimate of drug-likeness (QED) is 0.847. The van der Waals surface area contributed by atoms with Crippen LogP contribution in [0.1, 0.15) is 39.7 Å². The maximum Gasteiger partial charge on any atom is 0.317 e. The molecule has 0 aliphatic carbocycles. The average Bonchev–Trinajstić information content (AvgIpc) is 2.45. The summed E-state index contributed by atoms with van der Waals surface area (Å²) in [5.74, 6) is 0. The third kappa shape index (κ3) is 5.05. The molecule has 4 nitrogen and oxygen atoms in total. The predicted octanol–water partition coefficient (Wildman–Crippen LogP) is 2.77. The first kappa shape index (κ1) is 17.5. The van der Waals surface area contributed by atoms with Crippen molar-refractivity contribution in [1.82, 2.24) is 10.2 Å². The van der Waals surface area contributed by atoms with Crippen molar-refractivity contribution in [2.45, 2.75) is 51.7 Å². The van der Waals surface area contributed by atoms with Crippen LogP contribution in [-0.4, -0.2) is 41.8 Å². The van der Waals surface area contributed by atoms with Gasteiger partial charge >= 0.3 is 6.03 Å². The lowest BCUT2D eigenvalue weighted by molar-refractivity contribution is 0.161. The highest BCUT2D eigenvalue weighted by Crippen LogP contribution is 2.26. The molecule has 0 spiro atoms. The van der Waals surface area contributed by atoms with Gasteiger partial charge in [-0.3, -0.25) is 0 Å². The fourth-order valence-electron chi connectivity index (χ4n) is 2.08. The van der Waals surface area contributed by atoms with Crippen LogP contribution in [-0.2, 0) is 5.41 Å². The fraction of sp³-hybridized carbons (Fsp3) is 0.588. The molecule has 0 heterocycles. The summed E-state index contributed by atoms with van der Waals surface area (Å²) in [4.78, 5) is 13.8. The van der Waals surface area contributed by atoms with E-state index in [0.29, 0.717) is 13.0 Å². The summed E-state index contributed by atoms with van der Waals surface area (Å²) < 4.78 is 0. The van der Waals surface area contributed by atoms with Gasteiger partial charge in [-0.1, -0.05) is 44.2 Å². The zero-order valence-corrected chi connectivity index (χ0v) is 13.8. The number of hydrogen-bond acceptors (Lipinski definition) is 2. The lowest BCUT2D eigenvalue weighted by Crippen LogP contribution is -2.49. The van der Waals surface area contributed by atoms with Crippen LogP contribution in [0.25, 0.3) is 0 Å². The number of amides is 2. The monoisotopic (exact) mass is 292 g/mol. The summed E-state index contributed by atoms with van der Waals surface area (Å²) in [7, 11) is 1.75. The molecule has 1 aromatic rings. The number of benzene rings is 1. The molecule has 2 amide bonds. The number of urea groups is 1. The Hall–Kier alpha value is -1.55. The van der Waals surface area contributed by atoms with Gasteiger partial charge in [0, 0.05) is 25.0 Å². The third-order valence-corrected chi connectivity index (χ3v) is 4.17. The molecular formula is C17H28N2O2. The Labute approximate surface area is 128 Å². The van der Waals surface area contributed by atoms with Crippen molar-refractivity contribution in [2.75, 3.05) is 13.6 Å². The molecule has 2 N–H and O–H groups in total. The SMILES string of the molecule is CC(O)CCN(C)C(=O)NC(C)C(C)(C)c1ccccc1. The number of hydrogen-bond donors (Lipinski definition) is 2. The second kappa shape index (κ2) is 7.46. The summed E-state index contributed by atoms with van der Waals surface area (Å²) in [5.41, 5.74) is 1.05. The van der Waals surface area contributed by atoms with Crippen LogP contribution in [0.3, 0.4) is 0 Å². The molecular weight excluding hydrogens is 264 g/mol. The van der Waals surface area contributed by atoms with Crippen molar-refractivity contribution in [3.8, 4) is 0 Å². The van der Waals surface area contributed by atoms with E-state index < -0.39 is 6.10 Å². The van der Waals surface area contributed by atoms with E-state index in [2.05, 4.69) is 31.3 Å². The Morgan fingerprint density at radius 3 is 2.38 bits per heavy atom. The van der Waals surface area contributed by atoms with Crippen molar-refractivity contribution in [3.63, 3.8) is 0 Å². The molecule has 0 aliphatic heterocycles. The Morgan fingerprint density at radius 1 is 1.29 bits per heavy atom. The molecule has 1 rings (SSSR count). The van der Waals surface area contributed by atoms with E-state index in [0.717, 1.165) is 0 Å². The lowest BCUT2D eigenvalue weighted by atomic mass is 9.78. The topological polar surface area (TPSA) is 52.6 Å².